The van der Waals surface area contributed by atoms with Crippen molar-refractivity contribution in [1.29, 1.82) is 0 Å². The van der Waals surface area contributed by atoms with Crippen LogP contribution in [-0.4, -0.2) is 34.1 Å². The number of fused-ring (bicyclic) bond motifs is 1. The van der Waals surface area contributed by atoms with E-state index in [4.69, 9.17) is 9.47 Å². The summed E-state index contributed by atoms with van der Waals surface area (Å²) in [4.78, 5) is 26.2. The van der Waals surface area contributed by atoms with Crippen molar-refractivity contribution in [1.82, 2.24) is 20.3 Å². The molecule has 8 heteroatoms. The molecule has 7 nitrogen and oxygen atoms in total. The Bertz CT molecular complexity index is 974. The second-order valence-corrected chi connectivity index (χ2v) is 7.00. The molecule has 1 atom stereocenters. The lowest BCUT2D eigenvalue weighted by atomic mass is 10.1. The van der Waals surface area contributed by atoms with Crippen LogP contribution in [0.1, 0.15) is 33.9 Å². The number of nitrogens with zero attached hydrogens (tertiary/aromatic N) is 3. The molecule has 0 radical (unpaired) electrons. The number of pyridine rings is 1. The standard InChI is InChI=1S/C19H18N4O3S/c1-11-14(9-21-18(22-11)13-3-5-20-6-4-13)12(2)23-19(24)17-16-15(10-27-17)25-7-8-26-16/h3-6,9-10,12H,7-8H2,1-2H3,(H,23,24). The fourth-order valence-corrected chi connectivity index (χ4v) is 3.73. The van der Waals surface area contributed by atoms with Crippen LogP contribution in [0.3, 0.4) is 0 Å². The number of hydrogen-bond acceptors (Lipinski definition) is 7. The van der Waals surface area contributed by atoms with Crippen LogP contribution in [0.15, 0.2) is 36.1 Å². The molecule has 1 unspecified atom stereocenters. The van der Waals surface area contributed by atoms with Gasteiger partial charge >= 0.3 is 0 Å². The maximum atomic E-state index is 12.7. The predicted octanol–water partition coefficient (Wildman–Crippen LogP) is 3.17. The van der Waals surface area contributed by atoms with Gasteiger partial charge in [0.1, 0.15) is 18.1 Å². The third kappa shape index (κ3) is 3.48. The van der Waals surface area contributed by atoms with Gasteiger partial charge in [0.15, 0.2) is 17.3 Å². The first-order valence-electron chi connectivity index (χ1n) is 8.55. The number of rotatable bonds is 4. The number of carbonyl (C=O) groups is 1. The van der Waals surface area contributed by atoms with Crippen molar-refractivity contribution < 1.29 is 14.3 Å². The highest BCUT2D eigenvalue weighted by molar-refractivity contribution is 7.12. The van der Waals surface area contributed by atoms with Crippen molar-refractivity contribution >= 4 is 17.2 Å². The topological polar surface area (TPSA) is 86.2 Å². The van der Waals surface area contributed by atoms with Gasteiger partial charge in [-0.1, -0.05) is 0 Å². The lowest BCUT2D eigenvalue weighted by Gasteiger charge is -2.18. The Hall–Kier alpha value is -3.00. The van der Waals surface area contributed by atoms with E-state index in [0.717, 1.165) is 16.8 Å². The largest absolute Gasteiger partial charge is 0.485 e. The Balaban J connectivity index is 1.52. The number of aromatic nitrogens is 3. The Morgan fingerprint density at radius 3 is 2.81 bits per heavy atom. The molecule has 0 spiro atoms. The minimum absolute atomic E-state index is 0.197. The highest BCUT2D eigenvalue weighted by Crippen LogP contribution is 2.39. The van der Waals surface area contributed by atoms with Gasteiger partial charge in [0.05, 0.1) is 6.04 Å². The molecule has 0 fully saturated rings. The van der Waals surface area contributed by atoms with E-state index in [-0.39, 0.29) is 11.9 Å². The first-order valence-corrected chi connectivity index (χ1v) is 9.43. The van der Waals surface area contributed by atoms with Gasteiger partial charge in [-0.15, -0.1) is 11.3 Å². The van der Waals surface area contributed by atoms with E-state index < -0.39 is 0 Å². The molecule has 0 saturated heterocycles. The van der Waals surface area contributed by atoms with Crippen molar-refractivity contribution in [3.63, 3.8) is 0 Å². The molecule has 1 aliphatic heterocycles. The van der Waals surface area contributed by atoms with E-state index in [9.17, 15) is 4.79 Å². The van der Waals surface area contributed by atoms with Gasteiger partial charge in [0, 0.05) is 40.8 Å². The zero-order valence-electron chi connectivity index (χ0n) is 14.9. The summed E-state index contributed by atoms with van der Waals surface area (Å²) in [5.41, 5.74) is 2.58. The van der Waals surface area contributed by atoms with Gasteiger partial charge in [0.25, 0.3) is 5.91 Å². The van der Waals surface area contributed by atoms with E-state index in [1.165, 1.54) is 11.3 Å². The van der Waals surface area contributed by atoms with Crippen LogP contribution in [0.2, 0.25) is 0 Å². The summed E-state index contributed by atoms with van der Waals surface area (Å²) in [6, 6.07) is 3.48. The lowest BCUT2D eigenvalue weighted by Crippen LogP contribution is -2.27. The smallest absolute Gasteiger partial charge is 0.265 e. The second kappa shape index (κ2) is 7.32. The minimum atomic E-state index is -0.244. The third-order valence-electron chi connectivity index (χ3n) is 4.28. The number of ether oxygens (including phenoxy) is 2. The predicted molar refractivity (Wildman–Crippen MR) is 101 cm³/mol. The molecule has 1 N–H and O–H groups in total. The zero-order valence-corrected chi connectivity index (χ0v) is 15.7. The van der Waals surface area contributed by atoms with Gasteiger partial charge in [-0.2, -0.15) is 0 Å². The summed E-state index contributed by atoms with van der Waals surface area (Å²) in [5.74, 6) is 1.59. The van der Waals surface area contributed by atoms with Gasteiger partial charge in [-0.3, -0.25) is 9.78 Å². The summed E-state index contributed by atoms with van der Waals surface area (Å²) in [6.07, 6.45) is 5.17. The van der Waals surface area contributed by atoms with Crippen LogP contribution in [0, 0.1) is 6.92 Å². The Labute approximate surface area is 160 Å². The van der Waals surface area contributed by atoms with Gasteiger partial charge < -0.3 is 14.8 Å². The van der Waals surface area contributed by atoms with Gasteiger partial charge in [0.2, 0.25) is 0 Å². The Kier molecular flexibility index (Phi) is 4.72. The second-order valence-electron chi connectivity index (χ2n) is 6.12. The summed E-state index contributed by atoms with van der Waals surface area (Å²) >= 11 is 1.32. The van der Waals surface area contributed by atoms with Gasteiger partial charge in [-0.25, -0.2) is 9.97 Å². The average molecular weight is 382 g/mol. The van der Waals surface area contributed by atoms with Crippen molar-refractivity contribution in [3.05, 3.63) is 52.2 Å². The molecule has 4 rings (SSSR count). The van der Waals surface area contributed by atoms with Crippen molar-refractivity contribution in [2.75, 3.05) is 13.2 Å². The number of thiophene rings is 1. The van der Waals surface area contributed by atoms with Gasteiger partial charge in [-0.05, 0) is 26.0 Å². The summed E-state index contributed by atoms with van der Waals surface area (Å²) < 4.78 is 11.1. The highest BCUT2D eigenvalue weighted by Gasteiger charge is 2.25. The first-order chi connectivity index (χ1) is 13.1. The number of hydrogen-bond donors (Lipinski definition) is 1. The SMILES string of the molecule is Cc1nc(-c2ccncc2)ncc1C(C)NC(=O)c1scc2c1OCCO2. The molecule has 3 aromatic rings. The van der Waals surface area contributed by atoms with Crippen molar-refractivity contribution in [2.24, 2.45) is 0 Å². The van der Waals surface area contributed by atoms with Crippen LogP contribution in [0.5, 0.6) is 11.5 Å². The normalized spacial score (nSPS) is 13.9. The highest BCUT2D eigenvalue weighted by atomic mass is 32.1. The molecular formula is C19H18N4O3S. The summed E-state index contributed by atoms with van der Waals surface area (Å²) in [7, 11) is 0. The third-order valence-corrected chi connectivity index (χ3v) is 5.22. The van der Waals surface area contributed by atoms with Crippen molar-refractivity contribution in [3.8, 4) is 22.9 Å². The van der Waals surface area contributed by atoms with E-state index in [2.05, 4.69) is 20.3 Å². The van der Waals surface area contributed by atoms with E-state index >= 15 is 0 Å². The van der Waals surface area contributed by atoms with Crippen LogP contribution < -0.4 is 14.8 Å². The summed E-state index contributed by atoms with van der Waals surface area (Å²) in [5, 5.41) is 4.79. The van der Waals surface area contributed by atoms with Crippen molar-refractivity contribution in [2.45, 2.75) is 19.9 Å². The van der Waals surface area contributed by atoms with Crippen LogP contribution >= 0.6 is 11.3 Å². The molecule has 1 amide bonds. The molecule has 27 heavy (non-hydrogen) atoms. The lowest BCUT2D eigenvalue weighted by molar-refractivity contribution is 0.0934. The van der Waals surface area contributed by atoms with E-state index in [1.54, 1.807) is 24.0 Å². The maximum absolute atomic E-state index is 12.7. The number of nitrogens with one attached hydrogen (secondary N) is 1. The molecule has 1 aliphatic rings. The molecular weight excluding hydrogens is 364 g/mol. The first kappa shape index (κ1) is 17.4. The molecule has 4 heterocycles. The number of aryl methyl sites for hydroxylation is 1. The Morgan fingerprint density at radius 2 is 2.04 bits per heavy atom. The average Bonchev–Trinajstić information content (AvgIpc) is 3.12. The number of amides is 1. The summed E-state index contributed by atoms with van der Waals surface area (Å²) in [6.45, 7) is 4.77. The maximum Gasteiger partial charge on any atom is 0.265 e. The fourth-order valence-electron chi connectivity index (χ4n) is 2.90. The molecule has 138 valence electrons. The number of carbonyl (C=O) groups excluding carboxylic acids is 1. The van der Waals surface area contributed by atoms with Crippen LogP contribution in [0.4, 0.5) is 0 Å². The quantitative estimate of drug-likeness (QED) is 0.746. The molecule has 0 aromatic carbocycles. The minimum Gasteiger partial charge on any atom is -0.485 e. The molecule has 0 saturated carbocycles. The Morgan fingerprint density at radius 1 is 1.26 bits per heavy atom. The monoisotopic (exact) mass is 382 g/mol. The van der Waals surface area contributed by atoms with Crippen LogP contribution in [0.25, 0.3) is 11.4 Å². The zero-order chi connectivity index (χ0) is 18.8. The molecule has 0 bridgehead atoms. The van der Waals surface area contributed by atoms with E-state index in [1.807, 2.05) is 26.0 Å². The molecule has 3 aromatic heterocycles. The fraction of sp³-hybridized carbons (Fsp3) is 0.263. The van der Waals surface area contributed by atoms with Crippen LogP contribution in [-0.2, 0) is 0 Å². The van der Waals surface area contributed by atoms with E-state index in [0.29, 0.717) is 35.4 Å². The molecule has 0 aliphatic carbocycles.